The number of nitrogens with two attached hydrogens (primary N) is 1. The Balaban J connectivity index is 2.14. The average molecular weight is 259 g/mol. The molecule has 1 atom stereocenters. The van der Waals surface area contributed by atoms with Crippen LogP contribution in [0.3, 0.4) is 0 Å². The summed E-state index contributed by atoms with van der Waals surface area (Å²) in [7, 11) is 0. The van der Waals surface area contributed by atoms with Crippen molar-refractivity contribution in [2.24, 2.45) is 5.73 Å². The van der Waals surface area contributed by atoms with Crippen LogP contribution < -0.4 is 5.73 Å². The summed E-state index contributed by atoms with van der Waals surface area (Å²) in [5.41, 5.74) is 9.39. The summed E-state index contributed by atoms with van der Waals surface area (Å²) in [5, 5.41) is 0.977. The van der Waals surface area contributed by atoms with E-state index in [1.54, 1.807) is 11.8 Å². The summed E-state index contributed by atoms with van der Waals surface area (Å²) < 4.78 is 0. The third kappa shape index (κ3) is 3.31. The number of rotatable bonds is 4. The molecule has 1 aromatic heterocycles. The van der Waals surface area contributed by atoms with Gasteiger partial charge in [-0.3, -0.25) is 0 Å². The van der Waals surface area contributed by atoms with Crippen molar-refractivity contribution >= 4 is 11.8 Å². The van der Waals surface area contributed by atoms with Gasteiger partial charge in [0, 0.05) is 24.2 Å². The predicted molar refractivity (Wildman–Crippen MR) is 75.6 cm³/mol. The van der Waals surface area contributed by atoms with Gasteiger partial charge in [0.05, 0.1) is 0 Å². The van der Waals surface area contributed by atoms with Crippen molar-refractivity contribution in [2.45, 2.75) is 24.3 Å². The number of hydrogen-bond donors (Lipinski definition) is 1. The van der Waals surface area contributed by atoms with Crippen molar-refractivity contribution in [1.29, 1.82) is 0 Å². The molecular formula is C14H17N3S. The minimum Gasteiger partial charge on any atom is -0.329 e. The highest BCUT2D eigenvalue weighted by Gasteiger charge is 2.12. The standard InChI is InChI=1S/C14H17N3S/c1-10-3-5-12(6-4-10)13(7-15)18-14-16-8-11(2)9-17-14/h3-6,8-9,13H,7,15H2,1-2H3. The zero-order valence-electron chi connectivity index (χ0n) is 10.6. The molecule has 2 rings (SSSR count). The van der Waals surface area contributed by atoms with E-state index in [1.165, 1.54) is 11.1 Å². The maximum Gasteiger partial charge on any atom is 0.188 e. The van der Waals surface area contributed by atoms with Crippen molar-refractivity contribution in [3.05, 3.63) is 53.3 Å². The van der Waals surface area contributed by atoms with Gasteiger partial charge in [0.2, 0.25) is 0 Å². The fourth-order valence-electron chi connectivity index (χ4n) is 1.60. The van der Waals surface area contributed by atoms with Crippen molar-refractivity contribution < 1.29 is 0 Å². The highest BCUT2D eigenvalue weighted by atomic mass is 32.2. The first kappa shape index (κ1) is 13.1. The molecule has 0 saturated carbocycles. The summed E-state index contributed by atoms with van der Waals surface area (Å²) >= 11 is 1.61. The number of benzene rings is 1. The Morgan fingerprint density at radius 2 is 1.67 bits per heavy atom. The van der Waals surface area contributed by atoms with Crippen LogP contribution in [0.25, 0.3) is 0 Å². The van der Waals surface area contributed by atoms with Gasteiger partial charge < -0.3 is 5.73 Å². The Kier molecular flexibility index (Phi) is 4.33. The van der Waals surface area contributed by atoms with Crippen LogP contribution in [0.2, 0.25) is 0 Å². The van der Waals surface area contributed by atoms with Crippen molar-refractivity contribution in [3.8, 4) is 0 Å². The molecule has 4 heteroatoms. The fourth-order valence-corrected chi connectivity index (χ4v) is 2.47. The van der Waals surface area contributed by atoms with E-state index in [2.05, 4.69) is 41.2 Å². The molecule has 0 spiro atoms. The Morgan fingerprint density at radius 1 is 1.06 bits per heavy atom. The number of nitrogens with zero attached hydrogens (tertiary/aromatic N) is 2. The zero-order chi connectivity index (χ0) is 13.0. The third-order valence-corrected chi connectivity index (χ3v) is 3.84. The van der Waals surface area contributed by atoms with E-state index >= 15 is 0 Å². The molecule has 2 N–H and O–H groups in total. The van der Waals surface area contributed by atoms with Crippen LogP contribution in [0, 0.1) is 13.8 Å². The molecule has 0 aliphatic heterocycles. The van der Waals surface area contributed by atoms with Gasteiger partial charge in [-0.05, 0) is 25.0 Å². The quantitative estimate of drug-likeness (QED) is 0.677. The lowest BCUT2D eigenvalue weighted by Gasteiger charge is -2.13. The number of thioether (sulfide) groups is 1. The lowest BCUT2D eigenvalue weighted by molar-refractivity contribution is 0.903. The number of aromatic nitrogens is 2. The molecule has 0 aliphatic carbocycles. The minimum atomic E-state index is 0.202. The van der Waals surface area contributed by atoms with Crippen LogP contribution >= 0.6 is 11.8 Å². The lowest BCUT2D eigenvalue weighted by atomic mass is 10.1. The molecule has 0 radical (unpaired) electrons. The normalized spacial score (nSPS) is 12.4. The Bertz CT molecular complexity index is 493. The SMILES string of the molecule is Cc1ccc(C(CN)Sc2ncc(C)cn2)cc1. The predicted octanol–water partition coefficient (Wildman–Crippen LogP) is 2.89. The van der Waals surface area contributed by atoms with E-state index < -0.39 is 0 Å². The molecule has 0 fully saturated rings. The van der Waals surface area contributed by atoms with Gasteiger partial charge in [0.15, 0.2) is 5.16 Å². The van der Waals surface area contributed by atoms with E-state index in [0.29, 0.717) is 6.54 Å². The van der Waals surface area contributed by atoms with Gasteiger partial charge in [-0.2, -0.15) is 0 Å². The van der Waals surface area contributed by atoms with Crippen LogP contribution in [0.1, 0.15) is 21.9 Å². The van der Waals surface area contributed by atoms with Crippen molar-refractivity contribution in [2.75, 3.05) is 6.54 Å². The summed E-state index contributed by atoms with van der Waals surface area (Å²) in [6.45, 7) is 4.64. The van der Waals surface area contributed by atoms with E-state index in [9.17, 15) is 0 Å². The second-order valence-corrected chi connectivity index (χ2v) is 5.47. The van der Waals surface area contributed by atoms with Gasteiger partial charge in [0.1, 0.15) is 0 Å². The Hall–Kier alpha value is -1.39. The largest absolute Gasteiger partial charge is 0.329 e. The Labute approximate surface area is 112 Å². The monoisotopic (exact) mass is 259 g/mol. The maximum absolute atomic E-state index is 5.84. The molecule has 18 heavy (non-hydrogen) atoms. The van der Waals surface area contributed by atoms with Crippen molar-refractivity contribution in [1.82, 2.24) is 9.97 Å². The molecule has 3 nitrogen and oxygen atoms in total. The van der Waals surface area contributed by atoms with Gasteiger partial charge in [0.25, 0.3) is 0 Å². The summed E-state index contributed by atoms with van der Waals surface area (Å²) in [6.07, 6.45) is 3.66. The van der Waals surface area contributed by atoms with Gasteiger partial charge in [-0.15, -0.1) is 0 Å². The number of aryl methyl sites for hydroxylation is 2. The van der Waals surface area contributed by atoms with Crippen LogP contribution in [0.4, 0.5) is 0 Å². The summed E-state index contributed by atoms with van der Waals surface area (Å²) in [6, 6.07) is 8.45. The summed E-state index contributed by atoms with van der Waals surface area (Å²) in [5.74, 6) is 0. The molecule has 1 heterocycles. The number of hydrogen-bond acceptors (Lipinski definition) is 4. The van der Waals surface area contributed by atoms with Crippen LogP contribution in [0.5, 0.6) is 0 Å². The molecule has 94 valence electrons. The molecule has 2 aromatic rings. The van der Waals surface area contributed by atoms with Crippen LogP contribution in [0.15, 0.2) is 41.8 Å². The first-order valence-electron chi connectivity index (χ1n) is 5.91. The van der Waals surface area contributed by atoms with Gasteiger partial charge >= 0.3 is 0 Å². The lowest BCUT2D eigenvalue weighted by Crippen LogP contribution is -2.09. The van der Waals surface area contributed by atoms with E-state index in [1.807, 2.05) is 19.3 Å². The minimum absolute atomic E-state index is 0.202. The van der Waals surface area contributed by atoms with E-state index in [4.69, 9.17) is 5.73 Å². The average Bonchev–Trinajstić information content (AvgIpc) is 2.39. The molecule has 1 aromatic carbocycles. The van der Waals surface area contributed by atoms with Crippen LogP contribution in [-0.2, 0) is 0 Å². The third-order valence-electron chi connectivity index (χ3n) is 2.67. The maximum atomic E-state index is 5.84. The van der Waals surface area contributed by atoms with Crippen LogP contribution in [-0.4, -0.2) is 16.5 Å². The van der Waals surface area contributed by atoms with E-state index in [-0.39, 0.29) is 5.25 Å². The molecule has 1 unspecified atom stereocenters. The smallest absolute Gasteiger partial charge is 0.188 e. The second kappa shape index (κ2) is 5.98. The molecule has 0 bridgehead atoms. The zero-order valence-corrected chi connectivity index (χ0v) is 11.4. The van der Waals surface area contributed by atoms with Gasteiger partial charge in [-0.25, -0.2) is 9.97 Å². The molecule has 0 saturated heterocycles. The topological polar surface area (TPSA) is 51.8 Å². The molecule has 0 amide bonds. The van der Waals surface area contributed by atoms with Gasteiger partial charge in [-0.1, -0.05) is 41.6 Å². The second-order valence-electron chi connectivity index (χ2n) is 4.30. The highest BCUT2D eigenvalue weighted by Crippen LogP contribution is 2.32. The fraction of sp³-hybridized carbons (Fsp3) is 0.286. The first-order valence-corrected chi connectivity index (χ1v) is 6.79. The summed E-state index contributed by atoms with van der Waals surface area (Å²) in [4.78, 5) is 8.61. The Morgan fingerprint density at radius 3 is 2.22 bits per heavy atom. The van der Waals surface area contributed by atoms with Crippen molar-refractivity contribution in [3.63, 3.8) is 0 Å². The first-order chi connectivity index (χ1) is 8.69. The highest BCUT2D eigenvalue weighted by molar-refractivity contribution is 7.99. The molecule has 0 aliphatic rings. The van der Waals surface area contributed by atoms with E-state index in [0.717, 1.165) is 10.7 Å². The molecular weight excluding hydrogens is 242 g/mol.